The number of carbonyl (C=O) groups excluding carboxylic acids is 1. The highest BCUT2D eigenvalue weighted by atomic mass is 35.5. The van der Waals surface area contributed by atoms with Crippen molar-refractivity contribution in [2.45, 2.75) is 43.9 Å². The minimum absolute atomic E-state index is 0.0569. The summed E-state index contributed by atoms with van der Waals surface area (Å²) in [6, 6.07) is 7.68. The van der Waals surface area contributed by atoms with Crippen LogP contribution in [0.25, 0.3) is 0 Å². The Balaban J connectivity index is 1.35. The van der Waals surface area contributed by atoms with Crippen molar-refractivity contribution in [1.82, 2.24) is 19.8 Å². The van der Waals surface area contributed by atoms with E-state index in [-0.39, 0.29) is 18.0 Å². The highest BCUT2D eigenvalue weighted by molar-refractivity contribution is 6.30. The van der Waals surface area contributed by atoms with E-state index in [4.69, 9.17) is 11.6 Å². The quantitative estimate of drug-likeness (QED) is 0.671. The number of aldehydes is 1. The van der Waals surface area contributed by atoms with Gasteiger partial charge in [0.2, 0.25) is 0 Å². The molecule has 7 nitrogen and oxygen atoms in total. The largest absolute Gasteiger partial charge is 0.387 e. The van der Waals surface area contributed by atoms with Crippen LogP contribution in [0.15, 0.2) is 30.6 Å². The monoisotopic (exact) mass is 455 g/mol. The fourth-order valence-electron chi connectivity index (χ4n) is 5.45. The predicted octanol–water partition coefficient (Wildman–Crippen LogP) is 2.81. The number of aliphatic hydroxyl groups is 1. The molecule has 0 radical (unpaired) electrons. The SMILES string of the molecule is C[C@@H]1C[C@@H](O)c2ncnc(N3CCN(C(C(C=O)c4ccc(Cl)cc4)N4CCC4)CC3)c21. The van der Waals surface area contributed by atoms with E-state index in [9.17, 15) is 9.90 Å². The summed E-state index contributed by atoms with van der Waals surface area (Å²) in [5.74, 6) is 1.01. The molecule has 5 rings (SSSR count). The van der Waals surface area contributed by atoms with E-state index in [1.807, 2.05) is 24.3 Å². The fraction of sp³-hybridized carbons (Fsp3) is 0.542. The van der Waals surface area contributed by atoms with Gasteiger partial charge in [-0.1, -0.05) is 30.7 Å². The van der Waals surface area contributed by atoms with Crippen molar-refractivity contribution in [3.05, 3.63) is 52.4 Å². The summed E-state index contributed by atoms with van der Waals surface area (Å²) < 4.78 is 0. The predicted molar refractivity (Wildman–Crippen MR) is 124 cm³/mol. The van der Waals surface area contributed by atoms with Crippen molar-refractivity contribution < 1.29 is 9.90 Å². The lowest BCUT2D eigenvalue weighted by atomic mass is 9.93. The smallest absolute Gasteiger partial charge is 0.135 e. The van der Waals surface area contributed by atoms with Crippen molar-refractivity contribution in [1.29, 1.82) is 0 Å². The minimum atomic E-state index is -0.494. The summed E-state index contributed by atoms with van der Waals surface area (Å²) in [4.78, 5) is 28.4. The van der Waals surface area contributed by atoms with Gasteiger partial charge in [-0.05, 0) is 36.5 Å². The second kappa shape index (κ2) is 9.06. The van der Waals surface area contributed by atoms with Crippen molar-refractivity contribution in [2.75, 3.05) is 44.2 Å². The molecule has 1 aromatic carbocycles. The molecule has 1 aromatic heterocycles. The van der Waals surface area contributed by atoms with Gasteiger partial charge in [0.25, 0.3) is 0 Å². The first-order valence-electron chi connectivity index (χ1n) is 11.5. The topological polar surface area (TPSA) is 72.8 Å². The molecule has 170 valence electrons. The highest BCUT2D eigenvalue weighted by Crippen LogP contribution is 2.43. The van der Waals surface area contributed by atoms with Gasteiger partial charge in [0.05, 0.1) is 23.9 Å². The van der Waals surface area contributed by atoms with Gasteiger partial charge >= 0.3 is 0 Å². The molecule has 2 fully saturated rings. The third kappa shape index (κ3) is 3.92. The lowest BCUT2D eigenvalue weighted by molar-refractivity contribution is -0.114. The van der Waals surface area contributed by atoms with Crippen LogP contribution in [0.2, 0.25) is 5.02 Å². The maximum atomic E-state index is 12.3. The summed E-state index contributed by atoms with van der Waals surface area (Å²) in [7, 11) is 0. The summed E-state index contributed by atoms with van der Waals surface area (Å²) in [6.45, 7) is 7.57. The molecule has 0 amide bonds. The van der Waals surface area contributed by atoms with E-state index in [2.05, 4.69) is 31.6 Å². The number of piperazine rings is 1. The van der Waals surface area contributed by atoms with E-state index in [1.54, 1.807) is 6.33 Å². The first kappa shape index (κ1) is 21.8. The Morgan fingerprint density at radius 3 is 2.38 bits per heavy atom. The van der Waals surface area contributed by atoms with Gasteiger partial charge in [0, 0.05) is 49.9 Å². The Labute approximate surface area is 194 Å². The lowest BCUT2D eigenvalue weighted by Crippen LogP contribution is -2.61. The second-order valence-corrected chi connectivity index (χ2v) is 9.62. The maximum absolute atomic E-state index is 12.3. The van der Waals surface area contributed by atoms with Crippen LogP contribution in [-0.4, -0.2) is 76.6 Å². The standard InChI is InChI=1S/C24H30ClN5O2/c1-16-13-20(32)22-21(16)23(27-15-26-22)28-9-11-30(12-10-28)24(29-7-2-8-29)19(14-31)17-3-5-18(25)6-4-17/h3-6,14-16,19-20,24,32H,2,7-13H2,1H3/t16-,19?,20-,24?/m1/s1. The molecule has 3 aliphatic rings. The Morgan fingerprint density at radius 1 is 1.06 bits per heavy atom. The van der Waals surface area contributed by atoms with Crippen LogP contribution in [0, 0.1) is 0 Å². The van der Waals surface area contributed by atoms with Crippen LogP contribution in [0.5, 0.6) is 0 Å². The Bertz CT molecular complexity index is 959. The molecule has 3 heterocycles. The third-order valence-electron chi connectivity index (χ3n) is 7.25. The maximum Gasteiger partial charge on any atom is 0.135 e. The molecule has 8 heteroatoms. The van der Waals surface area contributed by atoms with Crippen LogP contribution in [0.3, 0.4) is 0 Å². The number of halogens is 1. The summed E-state index contributed by atoms with van der Waals surface area (Å²) in [6.07, 6.45) is 4.12. The van der Waals surface area contributed by atoms with Crippen LogP contribution in [0.1, 0.15) is 54.5 Å². The number of fused-ring (bicyclic) bond motifs is 1. The fourth-order valence-corrected chi connectivity index (χ4v) is 5.57. The van der Waals surface area contributed by atoms with Gasteiger partial charge < -0.3 is 14.8 Å². The first-order chi connectivity index (χ1) is 15.6. The average Bonchev–Trinajstić information content (AvgIpc) is 3.07. The number of anilines is 1. The number of rotatable bonds is 6. The van der Waals surface area contributed by atoms with Crippen LogP contribution in [0.4, 0.5) is 5.82 Å². The number of hydrogen-bond donors (Lipinski definition) is 1. The van der Waals surface area contributed by atoms with Gasteiger partial charge in [0.15, 0.2) is 0 Å². The van der Waals surface area contributed by atoms with Gasteiger partial charge in [-0.3, -0.25) is 9.80 Å². The van der Waals surface area contributed by atoms with Crippen molar-refractivity contribution >= 4 is 23.7 Å². The molecule has 4 atom stereocenters. The Kier molecular flexibility index (Phi) is 6.16. The number of carbonyl (C=O) groups is 1. The second-order valence-electron chi connectivity index (χ2n) is 9.19. The summed E-state index contributed by atoms with van der Waals surface area (Å²) in [5.41, 5.74) is 2.90. The number of aliphatic hydroxyl groups excluding tert-OH is 1. The molecular formula is C24H30ClN5O2. The zero-order valence-electron chi connectivity index (χ0n) is 18.4. The third-order valence-corrected chi connectivity index (χ3v) is 7.51. The van der Waals surface area contributed by atoms with Crippen molar-refractivity contribution in [3.63, 3.8) is 0 Å². The van der Waals surface area contributed by atoms with Gasteiger partial charge in [-0.2, -0.15) is 0 Å². The molecular weight excluding hydrogens is 426 g/mol. The molecule has 0 bridgehead atoms. The molecule has 2 unspecified atom stereocenters. The average molecular weight is 456 g/mol. The molecule has 1 N–H and O–H groups in total. The van der Waals surface area contributed by atoms with Crippen LogP contribution in [-0.2, 0) is 4.79 Å². The van der Waals surface area contributed by atoms with E-state index < -0.39 is 6.10 Å². The van der Waals surface area contributed by atoms with Crippen molar-refractivity contribution in [3.8, 4) is 0 Å². The molecule has 0 saturated carbocycles. The first-order valence-corrected chi connectivity index (χ1v) is 11.9. The number of aromatic nitrogens is 2. The number of hydrogen-bond acceptors (Lipinski definition) is 7. The van der Waals surface area contributed by atoms with Gasteiger partial charge in [-0.15, -0.1) is 0 Å². The van der Waals surface area contributed by atoms with Gasteiger partial charge in [-0.25, -0.2) is 9.97 Å². The normalized spacial score (nSPS) is 25.8. The molecule has 2 aromatic rings. The van der Waals surface area contributed by atoms with Crippen LogP contribution < -0.4 is 4.90 Å². The summed E-state index contributed by atoms with van der Waals surface area (Å²) >= 11 is 6.08. The zero-order chi connectivity index (χ0) is 22.2. The highest BCUT2D eigenvalue weighted by Gasteiger charge is 2.39. The lowest BCUT2D eigenvalue weighted by Gasteiger charge is -2.49. The molecule has 1 aliphatic carbocycles. The zero-order valence-corrected chi connectivity index (χ0v) is 19.2. The van der Waals surface area contributed by atoms with E-state index in [0.29, 0.717) is 11.4 Å². The minimum Gasteiger partial charge on any atom is -0.387 e. The van der Waals surface area contributed by atoms with E-state index >= 15 is 0 Å². The Hall–Kier alpha value is -2.06. The number of nitrogens with zero attached hydrogens (tertiary/aromatic N) is 5. The molecule has 32 heavy (non-hydrogen) atoms. The molecule has 0 spiro atoms. The van der Waals surface area contributed by atoms with E-state index in [0.717, 1.165) is 68.2 Å². The van der Waals surface area contributed by atoms with Crippen LogP contribution >= 0.6 is 11.6 Å². The summed E-state index contributed by atoms with van der Waals surface area (Å²) in [5, 5.41) is 11.0. The molecule has 2 saturated heterocycles. The molecule has 2 aliphatic heterocycles. The Morgan fingerprint density at radius 2 is 1.75 bits per heavy atom. The van der Waals surface area contributed by atoms with Gasteiger partial charge in [0.1, 0.15) is 18.4 Å². The number of likely N-dealkylation sites (tertiary alicyclic amines) is 1. The van der Waals surface area contributed by atoms with Crippen molar-refractivity contribution in [2.24, 2.45) is 0 Å². The number of benzene rings is 1. The van der Waals surface area contributed by atoms with E-state index in [1.165, 1.54) is 6.42 Å².